The third-order valence-electron chi connectivity index (χ3n) is 4.33. The van der Waals surface area contributed by atoms with E-state index in [1.807, 2.05) is 18.2 Å². The number of ether oxygens (including phenoxy) is 1. The summed E-state index contributed by atoms with van der Waals surface area (Å²) in [6.07, 6.45) is 6.99. The van der Waals surface area contributed by atoms with Gasteiger partial charge >= 0.3 is 0 Å². The highest BCUT2D eigenvalue weighted by Crippen LogP contribution is 2.23. The van der Waals surface area contributed by atoms with Crippen molar-refractivity contribution >= 4 is 11.0 Å². The molecule has 0 amide bonds. The number of hydrogen-bond donors (Lipinski definition) is 1. The lowest BCUT2D eigenvalue weighted by Gasteiger charge is -2.22. The van der Waals surface area contributed by atoms with Gasteiger partial charge in [-0.1, -0.05) is 37.5 Å². The third-order valence-corrected chi connectivity index (χ3v) is 4.33. The van der Waals surface area contributed by atoms with Gasteiger partial charge < -0.3 is 14.5 Å². The van der Waals surface area contributed by atoms with E-state index < -0.39 is 0 Å². The van der Waals surface area contributed by atoms with Gasteiger partial charge in [-0.05, 0) is 31.9 Å². The monoisotopic (exact) mass is 287 g/mol. The molecule has 3 nitrogen and oxygen atoms in total. The first-order valence-corrected chi connectivity index (χ1v) is 8.16. The standard InChI is InChI=1S/C18H25NO2/c1-14(18-13-15-7-5-6-10-17(15)21-18)19-11-12-20-16-8-3-2-4-9-16/h5-7,10,13-14,16,19H,2-4,8-9,11-12H2,1H3. The average Bonchev–Trinajstić information content (AvgIpc) is 2.96. The molecule has 0 saturated heterocycles. The molecule has 114 valence electrons. The molecule has 1 aliphatic carbocycles. The van der Waals surface area contributed by atoms with Gasteiger partial charge in [0, 0.05) is 11.9 Å². The summed E-state index contributed by atoms with van der Waals surface area (Å²) >= 11 is 0. The summed E-state index contributed by atoms with van der Waals surface area (Å²) in [6.45, 7) is 3.79. The van der Waals surface area contributed by atoms with Crippen LogP contribution in [0.1, 0.15) is 50.8 Å². The number of furan rings is 1. The van der Waals surface area contributed by atoms with Gasteiger partial charge in [0.15, 0.2) is 0 Å². The SMILES string of the molecule is CC(NCCOC1CCCCC1)c1cc2ccccc2o1. The Kier molecular flexibility index (Phi) is 4.94. The molecule has 1 aliphatic rings. The molecule has 1 saturated carbocycles. The molecule has 0 radical (unpaired) electrons. The summed E-state index contributed by atoms with van der Waals surface area (Å²) in [7, 11) is 0. The number of fused-ring (bicyclic) bond motifs is 1. The van der Waals surface area contributed by atoms with E-state index in [1.165, 1.54) is 37.5 Å². The molecular weight excluding hydrogens is 262 g/mol. The lowest BCUT2D eigenvalue weighted by atomic mass is 9.98. The molecule has 1 aromatic carbocycles. The van der Waals surface area contributed by atoms with E-state index in [0.717, 1.165) is 24.5 Å². The Morgan fingerprint density at radius 3 is 2.86 bits per heavy atom. The first-order valence-electron chi connectivity index (χ1n) is 8.16. The van der Waals surface area contributed by atoms with E-state index in [9.17, 15) is 0 Å². The minimum atomic E-state index is 0.215. The molecule has 2 aromatic rings. The van der Waals surface area contributed by atoms with Crippen molar-refractivity contribution in [2.75, 3.05) is 13.2 Å². The highest BCUT2D eigenvalue weighted by atomic mass is 16.5. The molecule has 0 spiro atoms. The van der Waals surface area contributed by atoms with Crippen LogP contribution in [0.5, 0.6) is 0 Å². The van der Waals surface area contributed by atoms with Crippen LogP contribution in [0.25, 0.3) is 11.0 Å². The fraction of sp³-hybridized carbons (Fsp3) is 0.556. The molecule has 1 N–H and O–H groups in total. The van der Waals surface area contributed by atoms with Crippen molar-refractivity contribution in [2.24, 2.45) is 0 Å². The molecule has 1 aromatic heterocycles. The maximum Gasteiger partial charge on any atom is 0.134 e. The molecule has 21 heavy (non-hydrogen) atoms. The summed E-state index contributed by atoms with van der Waals surface area (Å²) in [6, 6.07) is 10.5. The second-order valence-electron chi connectivity index (χ2n) is 5.99. The fourth-order valence-electron chi connectivity index (χ4n) is 3.05. The number of rotatable bonds is 6. The van der Waals surface area contributed by atoms with Crippen LogP contribution in [0, 0.1) is 0 Å². The zero-order valence-corrected chi connectivity index (χ0v) is 12.8. The van der Waals surface area contributed by atoms with Crippen molar-refractivity contribution in [3.8, 4) is 0 Å². The van der Waals surface area contributed by atoms with E-state index in [2.05, 4.69) is 24.4 Å². The summed E-state index contributed by atoms with van der Waals surface area (Å²) in [5.74, 6) is 0.994. The second kappa shape index (κ2) is 7.10. The average molecular weight is 287 g/mol. The molecule has 1 unspecified atom stereocenters. The number of para-hydroxylation sites is 1. The highest BCUT2D eigenvalue weighted by Gasteiger charge is 2.14. The Morgan fingerprint density at radius 2 is 2.05 bits per heavy atom. The predicted molar refractivity (Wildman–Crippen MR) is 85.5 cm³/mol. The quantitative estimate of drug-likeness (QED) is 0.798. The fourth-order valence-corrected chi connectivity index (χ4v) is 3.05. The lowest BCUT2D eigenvalue weighted by Crippen LogP contribution is -2.26. The first-order chi connectivity index (χ1) is 10.3. The smallest absolute Gasteiger partial charge is 0.134 e. The molecule has 1 atom stereocenters. The normalized spacial score (nSPS) is 18.1. The zero-order chi connectivity index (χ0) is 14.5. The zero-order valence-electron chi connectivity index (χ0n) is 12.8. The van der Waals surface area contributed by atoms with Crippen molar-refractivity contribution in [3.05, 3.63) is 36.1 Å². The van der Waals surface area contributed by atoms with E-state index in [1.54, 1.807) is 0 Å². The van der Waals surface area contributed by atoms with Gasteiger partial charge in [-0.3, -0.25) is 0 Å². The lowest BCUT2D eigenvalue weighted by molar-refractivity contribution is 0.0293. The molecule has 1 fully saturated rings. The second-order valence-corrected chi connectivity index (χ2v) is 5.99. The minimum Gasteiger partial charge on any atom is -0.459 e. The maximum absolute atomic E-state index is 5.94. The number of benzene rings is 1. The van der Waals surface area contributed by atoms with Crippen LogP contribution in [0.4, 0.5) is 0 Å². The van der Waals surface area contributed by atoms with Crippen LogP contribution < -0.4 is 5.32 Å². The van der Waals surface area contributed by atoms with E-state index in [4.69, 9.17) is 9.15 Å². The number of hydrogen-bond acceptors (Lipinski definition) is 3. The van der Waals surface area contributed by atoms with Crippen LogP contribution in [-0.4, -0.2) is 19.3 Å². The Bertz CT molecular complexity index is 524. The topological polar surface area (TPSA) is 34.4 Å². The van der Waals surface area contributed by atoms with Crippen molar-refractivity contribution in [1.29, 1.82) is 0 Å². The minimum absolute atomic E-state index is 0.215. The van der Waals surface area contributed by atoms with Crippen LogP contribution in [0.2, 0.25) is 0 Å². The predicted octanol–water partition coefficient (Wildman–Crippen LogP) is 4.43. The van der Waals surface area contributed by atoms with E-state index in [-0.39, 0.29) is 6.04 Å². The largest absolute Gasteiger partial charge is 0.459 e. The van der Waals surface area contributed by atoms with Gasteiger partial charge in [-0.25, -0.2) is 0 Å². The molecule has 3 rings (SSSR count). The molecule has 0 aliphatic heterocycles. The van der Waals surface area contributed by atoms with Gasteiger partial charge in [-0.2, -0.15) is 0 Å². The summed E-state index contributed by atoms with van der Waals surface area (Å²) in [4.78, 5) is 0. The van der Waals surface area contributed by atoms with Crippen molar-refractivity contribution in [2.45, 2.75) is 51.2 Å². The van der Waals surface area contributed by atoms with Crippen LogP contribution in [0.3, 0.4) is 0 Å². The summed E-state index contributed by atoms with van der Waals surface area (Å²) < 4.78 is 11.8. The van der Waals surface area contributed by atoms with Crippen LogP contribution in [0.15, 0.2) is 34.7 Å². The Morgan fingerprint density at radius 1 is 1.24 bits per heavy atom. The van der Waals surface area contributed by atoms with Gasteiger partial charge in [0.05, 0.1) is 18.8 Å². The molecular formula is C18H25NO2. The number of nitrogens with one attached hydrogen (secondary N) is 1. The van der Waals surface area contributed by atoms with Crippen molar-refractivity contribution < 1.29 is 9.15 Å². The maximum atomic E-state index is 5.94. The molecule has 0 bridgehead atoms. The van der Waals surface area contributed by atoms with E-state index in [0.29, 0.717) is 6.10 Å². The van der Waals surface area contributed by atoms with Gasteiger partial charge in [0.25, 0.3) is 0 Å². The van der Waals surface area contributed by atoms with Crippen LogP contribution >= 0.6 is 0 Å². The van der Waals surface area contributed by atoms with Crippen molar-refractivity contribution in [1.82, 2.24) is 5.32 Å². The van der Waals surface area contributed by atoms with E-state index >= 15 is 0 Å². The summed E-state index contributed by atoms with van der Waals surface area (Å²) in [5, 5.41) is 4.65. The Balaban J connectivity index is 1.44. The molecule has 3 heteroatoms. The van der Waals surface area contributed by atoms with Gasteiger partial charge in [0.2, 0.25) is 0 Å². The van der Waals surface area contributed by atoms with Crippen LogP contribution in [-0.2, 0) is 4.74 Å². The summed E-state index contributed by atoms with van der Waals surface area (Å²) in [5.41, 5.74) is 0.958. The van der Waals surface area contributed by atoms with Gasteiger partial charge in [0.1, 0.15) is 11.3 Å². The highest BCUT2D eigenvalue weighted by molar-refractivity contribution is 5.77. The third kappa shape index (κ3) is 3.86. The van der Waals surface area contributed by atoms with Gasteiger partial charge in [-0.15, -0.1) is 0 Å². The Hall–Kier alpha value is -1.32. The van der Waals surface area contributed by atoms with Crippen molar-refractivity contribution in [3.63, 3.8) is 0 Å². The Labute approximate surface area is 126 Å². The first kappa shape index (κ1) is 14.6. The molecule has 1 heterocycles.